The number of carbonyl (C=O) groups excluding carboxylic acids is 2. The van der Waals surface area contributed by atoms with Crippen molar-refractivity contribution < 1.29 is 33.3 Å². The van der Waals surface area contributed by atoms with E-state index < -0.39 is 18.7 Å². The van der Waals surface area contributed by atoms with Crippen LogP contribution in [0.1, 0.15) is 119 Å². The molecule has 15 nitrogen and oxygen atoms in total. The monoisotopic (exact) mass is 855 g/mol. The Morgan fingerprint density at radius 2 is 1.87 bits per heavy atom. The first-order chi connectivity index (χ1) is 30.1. The molecule has 5 N–H and O–H groups in total. The van der Waals surface area contributed by atoms with E-state index in [0.717, 1.165) is 86.2 Å². The highest BCUT2D eigenvalue weighted by molar-refractivity contribution is 5.82. The van der Waals surface area contributed by atoms with E-state index in [4.69, 9.17) is 14.5 Å². The zero-order chi connectivity index (χ0) is 43.5. The van der Waals surface area contributed by atoms with Gasteiger partial charge in [0.25, 0.3) is 0 Å². The summed E-state index contributed by atoms with van der Waals surface area (Å²) in [5.41, 5.74) is 3.60. The number of aliphatic hydroxyl groups is 1. The van der Waals surface area contributed by atoms with E-state index in [9.17, 15) is 14.7 Å². The Morgan fingerprint density at radius 3 is 2.63 bits per heavy atom. The van der Waals surface area contributed by atoms with E-state index in [1.165, 1.54) is 14.2 Å². The van der Waals surface area contributed by atoms with Gasteiger partial charge in [0, 0.05) is 67.0 Å². The van der Waals surface area contributed by atoms with E-state index in [1.54, 1.807) is 11.1 Å². The van der Waals surface area contributed by atoms with Crippen molar-refractivity contribution in [2.75, 3.05) is 40.4 Å². The molecule has 0 saturated carbocycles. The van der Waals surface area contributed by atoms with Crippen LogP contribution in [0.2, 0.25) is 0 Å². The van der Waals surface area contributed by atoms with Gasteiger partial charge >= 0.3 is 6.09 Å². The molecule has 0 spiro atoms. The topological polar surface area (TPSA) is 175 Å². The third-order valence-corrected chi connectivity index (χ3v) is 13.4. The van der Waals surface area contributed by atoms with Crippen molar-refractivity contribution in [3.8, 4) is 0 Å². The number of amides is 2. The number of aliphatic hydroxyl groups excluding tert-OH is 1. The molecule has 2 saturated heterocycles. The second-order valence-corrected chi connectivity index (χ2v) is 17.4. The number of likely N-dealkylation sites (tertiary alicyclic amines) is 2. The molecule has 62 heavy (non-hydrogen) atoms. The number of allylic oxidation sites excluding steroid dienone is 4. The number of ether oxygens (including phenoxy) is 3. The van der Waals surface area contributed by atoms with E-state index in [0.29, 0.717) is 35.6 Å². The number of imidazole rings is 2. The van der Waals surface area contributed by atoms with Crippen LogP contribution in [0.25, 0.3) is 17.7 Å². The molecule has 334 valence electrons. The standard InChI is InChI=1S/C46H62FN9O6/c1-6-35-31(19-17-30-23-48-43(51-30)37-15-11-21-55(37)39(57)25-50-45(58)60-4)40(47)41-32-18-16-29(22-38(32)62-44(56(35)41)28-12-8-7-9-13-28)33-24-49-42(52-33)36-14-10-20-54(36)26-34(27(2)3)53-46(59)61-5/h6-9,12,19,22-24,27-28,32,34,36-38,44,46,53,59H,10-11,13-18,20-21,25-26H2,1-5H3,(H,48,51)(H,49,52)(H,50,58). The van der Waals surface area contributed by atoms with Gasteiger partial charge in [0.15, 0.2) is 5.82 Å². The summed E-state index contributed by atoms with van der Waals surface area (Å²) >= 11 is 0. The maximum absolute atomic E-state index is 17.2. The highest BCUT2D eigenvalue weighted by Gasteiger charge is 2.43. The number of alkyl carbamates (subject to hydrolysis) is 1. The quantitative estimate of drug-likeness (QED) is 0.145. The first kappa shape index (κ1) is 43.8. The van der Waals surface area contributed by atoms with Gasteiger partial charge in [-0.05, 0) is 76.0 Å². The van der Waals surface area contributed by atoms with Crippen LogP contribution in [-0.4, -0.2) is 110 Å². The molecular weight excluding hydrogens is 794 g/mol. The summed E-state index contributed by atoms with van der Waals surface area (Å²) in [5.74, 6) is 1.34. The lowest BCUT2D eigenvalue weighted by molar-refractivity contribution is -0.131. The molecule has 0 bridgehead atoms. The zero-order valence-electron chi connectivity index (χ0n) is 36.5. The molecule has 16 heteroatoms. The normalized spacial score (nSPS) is 26.5. The van der Waals surface area contributed by atoms with Gasteiger partial charge in [-0.2, -0.15) is 0 Å². The summed E-state index contributed by atoms with van der Waals surface area (Å²) in [6.07, 6.45) is 22.1. The van der Waals surface area contributed by atoms with Crippen LogP contribution in [0, 0.1) is 17.7 Å². The van der Waals surface area contributed by atoms with Gasteiger partial charge in [0.1, 0.15) is 24.4 Å². The summed E-state index contributed by atoms with van der Waals surface area (Å²) in [5, 5.41) is 17.2. The van der Waals surface area contributed by atoms with Crippen LogP contribution < -0.4 is 21.2 Å². The lowest BCUT2D eigenvalue weighted by Crippen LogP contribution is -2.48. The molecule has 2 aliphatic carbocycles. The minimum atomic E-state index is -1.02. The summed E-state index contributed by atoms with van der Waals surface area (Å²) in [6, 6.07) is -0.0577. The maximum Gasteiger partial charge on any atom is 0.407 e. The number of fused-ring (bicyclic) bond motifs is 3. The van der Waals surface area contributed by atoms with Gasteiger partial charge in [-0.15, -0.1) is 0 Å². The van der Waals surface area contributed by atoms with Crippen molar-refractivity contribution in [1.29, 1.82) is 0 Å². The highest BCUT2D eigenvalue weighted by atomic mass is 19.1. The molecule has 8 rings (SSSR count). The summed E-state index contributed by atoms with van der Waals surface area (Å²) < 4.78 is 36.2. The minimum absolute atomic E-state index is 0.0214. The number of aromatic amines is 2. The third kappa shape index (κ3) is 8.98. The largest absolute Gasteiger partial charge is 0.453 e. The highest BCUT2D eigenvalue weighted by Crippen LogP contribution is 2.45. The average molecular weight is 856 g/mol. The van der Waals surface area contributed by atoms with E-state index in [2.05, 4.69) is 77.9 Å². The van der Waals surface area contributed by atoms with Gasteiger partial charge in [0.2, 0.25) is 12.3 Å². The van der Waals surface area contributed by atoms with Crippen molar-refractivity contribution in [3.63, 3.8) is 0 Å². The third-order valence-electron chi connectivity index (χ3n) is 13.4. The lowest BCUT2D eigenvalue weighted by atomic mass is 9.82. The van der Waals surface area contributed by atoms with Crippen LogP contribution in [0.15, 0.2) is 42.8 Å². The van der Waals surface area contributed by atoms with Gasteiger partial charge in [-0.1, -0.05) is 50.3 Å². The Kier molecular flexibility index (Phi) is 13.6. The summed E-state index contributed by atoms with van der Waals surface area (Å²) in [6.45, 7) is 8.37. The smallest absolute Gasteiger partial charge is 0.407 e. The number of hydrogen-bond acceptors (Lipinski definition) is 10. The number of nitrogens with zero attached hydrogens (tertiary/aromatic N) is 5. The van der Waals surface area contributed by atoms with Crippen LogP contribution >= 0.6 is 0 Å². The van der Waals surface area contributed by atoms with Crippen molar-refractivity contribution >= 4 is 29.7 Å². The van der Waals surface area contributed by atoms with Crippen molar-refractivity contribution in [2.24, 2.45) is 11.8 Å². The molecule has 6 heterocycles. The number of nitrogens with one attached hydrogen (secondary N) is 4. The molecule has 3 aromatic rings. The minimum Gasteiger partial charge on any atom is -0.453 e. The first-order valence-corrected chi connectivity index (χ1v) is 22.2. The number of H-pyrrole nitrogens is 2. The summed E-state index contributed by atoms with van der Waals surface area (Å²) in [7, 11) is 2.75. The van der Waals surface area contributed by atoms with Crippen molar-refractivity contribution in [3.05, 3.63) is 87.9 Å². The molecule has 0 aromatic carbocycles. The molecule has 0 radical (unpaired) electrons. The number of halogens is 1. The SMILES string of the molecule is CC=c1c(=CCc2cnc(C3CCCN3C(=O)CNC(=O)OC)[nH]2)c(F)c2n1C(C1C=CC=CC1)OC1C=C(c3cnc(C4CCCN4CC(NC(O)OC)C(C)C)[nH]3)CCC21. The molecule has 2 fully saturated rings. The van der Waals surface area contributed by atoms with Crippen LogP contribution in [0.4, 0.5) is 9.18 Å². The van der Waals surface area contributed by atoms with Gasteiger partial charge in [0.05, 0.1) is 42.9 Å². The molecule has 3 aromatic heterocycles. The molecule has 8 atom stereocenters. The van der Waals surface area contributed by atoms with Crippen LogP contribution in [-0.2, 0) is 25.4 Å². The summed E-state index contributed by atoms with van der Waals surface area (Å²) in [4.78, 5) is 45.4. The number of rotatable bonds is 14. The molecular formula is C46H62FN9O6. The fourth-order valence-electron chi connectivity index (χ4n) is 10.1. The number of methoxy groups -OCH3 is 2. The number of carbonyl (C=O) groups is 2. The molecule has 5 aliphatic rings. The molecule has 3 aliphatic heterocycles. The van der Waals surface area contributed by atoms with Gasteiger partial charge in [-0.25, -0.2) is 19.2 Å². The van der Waals surface area contributed by atoms with Gasteiger partial charge in [-0.3, -0.25) is 15.0 Å². The average Bonchev–Trinajstić information content (AvgIpc) is 4.15. The number of aromatic nitrogens is 5. The van der Waals surface area contributed by atoms with Crippen molar-refractivity contribution in [2.45, 2.75) is 115 Å². The maximum atomic E-state index is 17.2. The molecule has 8 unspecified atom stereocenters. The van der Waals surface area contributed by atoms with Crippen LogP contribution in [0.5, 0.6) is 0 Å². The van der Waals surface area contributed by atoms with Crippen LogP contribution in [0.3, 0.4) is 0 Å². The lowest BCUT2D eigenvalue weighted by Gasteiger charge is -2.42. The van der Waals surface area contributed by atoms with Gasteiger partial charge < -0.3 is 44.1 Å². The zero-order valence-corrected chi connectivity index (χ0v) is 36.5. The Hall–Kier alpha value is -4.87. The predicted molar refractivity (Wildman–Crippen MR) is 232 cm³/mol. The van der Waals surface area contributed by atoms with Crippen molar-refractivity contribution in [1.82, 2.24) is 44.9 Å². The molecule has 2 amide bonds. The fraction of sp³-hybridized carbons (Fsp3) is 0.565. The first-order valence-electron chi connectivity index (χ1n) is 22.2. The predicted octanol–water partition coefficient (Wildman–Crippen LogP) is 4.58. The van der Waals surface area contributed by atoms with E-state index in [-0.39, 0.29) is 54.3 Å². The van der Waals surface area contributed by atoms with E-state index in [1.807, 2.05) is 31.3 Å². The second kappa shape index (κ2) is 19.3. The second-order valence-electron chi connectivity index (χ2n) is 17.4. The fourth-order valence-corrected chi connectivity index (χ4v) is 10.1. The number of hydrogen-bond donors (Lipinski definition) is 5. The Bertz CT molecular complexity index is 2290. The van der Waals surface area contributed by atoms with E-state index >= 15 is 4.39 Å². The Balaban J connectivity index is 1.04. The Morgan fingerprint density at radius 1 is 1.08 bits per heavy atom. The Labute approximate surface area is 362 Å².